The van der Waals surface area contributed by atoms with Gasteiger partial charge in [-0.3, -0.25) is 0 Å². The normalized spacial score (nSPS) is 11.2. The van der Waals surface area contributed by atoms with Crippen molar-refractivity contribution in [2.24, 2.45) is 0 Å². The van der Waals surface area contributed by atoms with Crippen LogP contribution in [0, 0.1) is 0 Å². The molecule has 0 aliphatic carbocycles. The van der Waals surface area contributed by atoms with Crippen molar-refractivity contribution in [3.05, 3.63) is 52.0 Å². The summed E-state index contributed by atoms with van der Waals surface area (Å²) >= 11 is 12.0. The van der Waals surface area contributed by atoms with Crippen molar-refractivity contribution in [3.8, 4) is 11.5 Å². The fourth-order valence-electron chi connectivity index (χ4n) is 2.33. The van der Waals surface area contributed by atoms with Crippen LogP contribution in [-0.4, -0.2) is 23.1 Å². The van der Waals surface area contributed by atoms with Crippen molar-refractivity contribution in [3.63, 3.8) is 0 Å². The largest absolute Gasteiger partial charge is 0.457 e. The molecule has 0 spiro atoms. The molecule has 0 atom stereocenters. The molecule has 5 nitrogen and oxygen atoms in total. The highest BCUT2D eigenvalue weighted by Gasteiger charge is 2.22. The number of hydrogen-bond donors (Lipinski definition) is 1. The first-order chi connectivity index (χ1) is 12.6. The van der Waals surface area contributed by atoms with Crippen molar-refractivity contribution in [2.45, 2.75) is 39.8 Å². The Kier molecular flexibility index (Phi) is 6.84. The fourth-order valence-corrected chi connectivity index (χ4v) is 2.62. The first-order valence-corrected chi connectivity index (χ1v) is 9.34. The van der Waals surface area contributed by atoms with Crippen LogP contribution in [0.5, 0.6) is 11.5 Å². The third-order valence-electron chi connectivity index (χ3n) is 3.60. The molecule has 2 N–H and O–H groups in total. The minimum absolute atomic E-state index is 0.299. The molecule has 0 bridgehead atoms. The summed E-state index contributed by atoms with van der Waals surface area (Å²) in [6.07, 6.45) is -0.395. The van der Waals surface area contributed by atoms with Gasteiger partial charge in [0.05, 0.1) is 16.6 Å². The van der Waals surface area contributed by atoms with E-state index in [1.165, 1.54) is 0 Å². The summed E-state index contributed by atoms with van der Waals surface area (Å²) in [5.74, 6) is 1.11. The van der Waals surface area contributed by atoms with Crippen LogP contribution < -0.4 is 10.5 Å². The number of ether oxygens (including phenoxy) is 2. The van der Waals surface area contributed by atoms with Gasteiger partial charge in [0.2, 0.25) is 0 Å². The highest BCUT2D eigenvalue weighted by atomic mass is 35.5. The van der Waals surface area contributed by atoms with Crippen LogP contribution in [0.3, 0.4) is 0 Å². The maximum Gasteiger partial charge on any atom is 0.410 e. The van der Waals surface area contributed by atoms with Crippen LogP contribution in [0.1, 0.15) is 33.3 Å². The van der Waals surface area contributed by atoms with E-state index < -0.39 is 11.7 Å². The Morgan fingerprint density at radius 3 is 2.41 bits per heavy atom. The lowest BCUT2D eigenvalue weighted by Crippen LogP contribution is -2.36. The molecule has 0 saturated carbocycles. The number of nitrogens with two attached hydrogens (primary N) is 1. The highest BCUT2D eigenvalue weighted by molar-refractivity contribution is 6.42. The van der Waals surface area contributed by atoms with Gasteiger partial charge in [0.15, 0.2) is 0 Å². The number of anilines is 1. The van der Waals surface area contributed by atoms with Crippen molar-refractivity contribution in [1.82, 2.24) is 4.90 Å². The number of hydrogen-bond acceptors (Lipinski definition) is 4. The van der Waals surface area contributed by atoms with Gasteiger partial charge < -0.3 is 20.1 Å². The maximum absolute atomic E-state index is 12.4. The molecule has 0 aliphatic rings. The molecule has 0 heterocycles. The van der Waals surface area contributed by atoms with Gasteiger partial charge in [-0.05, 0) is 58.0 Å². The second-order valence-corrected chi connectivity index (χ2v) is 7.85. The predicted molar refractivity (Wildman–Crippen MR) is 110 cm³/mol. The molecule has 27 heavy (non-hydrogen) atoms. The third-order valence-corrected chi connectivity index (χ3v) is 4.34. The van der Waals surface area contributed by atoms with Gasteiger partial charge in [-0.2, -0.15) is 0 Å². The van der Waals surface area contributed by atoms with Gasteiger partial charge in [-0.1, -0.05) is 23.2 Å². The van der Waals surface area contributed by atoms with Gasteiger partial charge in [0, 0.05) is 23.9 Å². The van der Waals surface area contributed by atoms with Crippen molar-refractivity contribution in [2.75, 3.05) is 12.3 Å². The quantitative estimate of drug-likeness (QED) is 0.602. The predicted octanol–water partition coefficient (Wildman–Crippen LogP) is 6.12. The van der Waals surface area contributed by atoms with Gasteiger partial charge in [-0.15, -0.1) is 0 Å². The Morgan fingerprint density at radius 2 is 1.81 bits per heavy atom. The molecule has 7 heteroatoms. The van der Waals surface area contributed by atoms with Crippen LogP contribution in [0.2, 0.25) is 10.0 Å². The molecule has 0 radical (unpaired) electrons. The van der Waals surface area contributed by atoms with Crippen LogP contribution in [0.25, 0.3) is 0 Å². The Balaban J connectivity index is 2.26. The van der Waals surface area contributed by atoms with Crippen molar-refractivity contribution < 1.29 is 14.3 Å². The summed E-state index contributed by atoms with van der Waals surface area (Å²) in [6.45, 7) is 8.16. The van der Waals surface area contributed by atoms with E-state index >= 15 is 0 Å². The number of benzene rings is 2. The second kappa shape index (κ2) is 8.72. The van der Waals surface area contributed by atoms with Crippen LogP contribution in [0.4, 0.5) is 10.5 Å². The lowest BCUT2D eigenvalue weighted by Gasteiger charge is -2.27. The number of halogens is 2. The van der Waals surface area contributed by atoms with Gasteiger partial charge in [0.1, 0.15) is 17.1 Å². The van der Waals surface area contributed by atoms with Crippen molar-refractivity contribution in [1.29, 1.82) is 0 Å². The lowest BCUT2D eigenvalue weighted by molar-refractivity contribution is 0.0244. The number of rotatable bonds is 5. The van der Waals surface area contributed by atoms with E-state index in [-0.39, 0.29) is 0 Å². The molecule has 0 fully saturated rings. The first-order valence-electron chi connectivity index (χ1n) is 8.58. The average Bonchev–Trinajstić information content (AvgIpc) is 2.56. The fraction of sp³-hybridized carbons (Fsp3) is 0.350. The Hall–Kier alpha value is -2.11. The van der Waals surface area contributed by atoms with E-state index in [1.807, 2.05) is 27.7 Å². The zero-order chi connectivity index (χ0) is 20.2. The smallest absolute Gasteiger partial charge is 0.410 e. The lowest BCUT2D eigenvalue weighted by atomic mass is 10.1. The summed E-state index contributed by atoms with van der Waals surface area (Å²) in [4.78, 5) is 14.0. The number of nitrogens with zero attached hydrogens (tertiary/aromatic N) is 1. The molecular formula is C20H24Cl2N2O3. The van der Waals surface area contributed by atoms with E-state index in [2.05, 4.69) is 0 Å². The first kappa shape index (κ1) is 21.2. The van der Waals surface area contributed by atoms with E-state index in [0.717, 1.165) is 5.56 Å². The summed E-state index contributed by atoms with van der Waals surface area (Å²) in [5.41, 5.74) is 6.70. The number of amides is 1. The van der Waals surface area contributed by atoms with Crippen molar-refractivity contribution >= 4 is 35.0 Å². The molecular weight excluding hydrogens is 387 g/mol. The van der Waals surface area contributed by atoms with Crippen LogP contribution in [-0.2, 0) is 11.3 Å². The third kappa shape index (κ3) is 6.22. The van der Waals surface area contributed by atoms with Gasteiger partial charge >= 0.3 is 6.09 Å². The zero-order valence-electron chi connectivity index (χ0n) is 15.9. The number of carbonyl (C=O) groups excluding carboxylic acids is 1. The van der Waals surface area contributed by atoms with E-state index in [9.17, 15) is 4.79 Å². The van der Waals surface area contributed by atoms with E-state index in [1.54, 1.807) is 41.3 Å². The summed E-state index contributed by atoms with van der Waals surface area (Å²) < 4.78 is 11.4. The minimum Gasteiger partial charge on any atom is -0.457 e. The maximum atomic E-state index is 12.4. The monoisotopic (exact) mass is 410 g/mol. The Labute approximate surface area is 170 Å². The Bertz CT molecular complexity index is 819. The highest BCUT2D eigenvalue weighted by Crippen LogP contribution is 2.32. The average molecular weight is 411 g/mol. The van der Waals surface area contributed by atoms with E-state index in [0.29, 0.717) is 40.3 Å². The zero-order valence-corrected chi connectivity index (χ0v) is 17.4. The SMILES string of the molecule is CCN(Cc1cc(N)ccc1Oc1ccc(Cl)c(Cl)c1)C(=O)OC(C)(C)C. The molecule has 2 rings (SSSR count). The van der Waals surface area contributed by atoms with Crippen LogP contribution >= 0.6 is 23.2 Å². The second-order valence-electron chi connectivity index (χ2n) is 7.04. The van der Waals surface area contributed by atoms with Gasteiger partial charge in [0.25, 0.3) is 0 Å². The molecule has 0 unspecified atom stereocenters. The molecule has 1 amide bonds. The molecule has 0 aromatic heterocycles. The number of nitrogen functional groups attached to an aromatic ring is 1. The van der Waals surface area contributed by atoms with Gasteiger partial charge in [-0.25, -0.2) is 4.79 Å². The summed E-state index contributed by atoms with van der Waals surface area (Å²) in [6, 6.07) is 10.3. The molecule has 146 valence electrons. The topological polar surface area (TPSA) is 64.8 Å². The molecule has 2 aromatic carbocycles. The standard InChI is InChI=1S/C20H24Cl2N2O3/c1-5-24(19(25)27-20(2,3)4)12-13-10-14(23)6-9-18(13)26-15-7-8-16(21)17(22)11-15/h6-11H,5,12,23H2,1-4H3. The summed E-state index contributed by atoms with van der Waals surface area (Å²) in [5, 5.41) is 0.846. The Morgan fingerprint density at radius 1 is 1.11 bits per heavy atom. The summed E-state index contributed by atoms with van der Waals surface area (Å²) in [7, 11) is 0. The number of carbonyl (C=O) groups is 1. The minimum atomic E-state index is -0.570. The molecule has 0 aliphatic heterocycles. The van der Waals surface area contributed by atoms with Crippen LogP contribution in [0.15, 0.2) is 36.4 Å². The molecule has 2 aromatic rings. The van der Waals surface area contributed by atoms with E-state index in [4.69, 9.17) is 38.4 Å². The molecule has 0 saturated heterocycles.